The molecule has 0 N–H and O–H groups in total. The third kappa shape index (κ3) is 5.47. The number of methoxy groups -OCH3 is 2. The van der Waals surface area contributed by atoms with Crippen LogP contribution < -0.4 is 14.2 Å². The van der Waals surface area contributed by atoms with Crippen molar-refractivity contribution >= 4 is 17.5 Å². The number of ketones is 1. The molecule has 0 aromatic heterocycles. The van der Waals surface area contributed by atoms with Gasteiger partial charge in [-0.3, -0.25) is 9.79 Å². The van der Waals surface area contributed by atoms with Gasteiger partial charge in [0.25, 0.3) is 0 Å². The van der Waals surface area contributed by atoms with Gasteiger partial charge >= 0.3 is 5.97 Å². The van der Waals surface area contributed by atoms with Crippen LogP contribution in [0.15, 0.2) is 58.7 Å². The van der Waals surface area contributed by atoms with Crippen LogP contribution >= 0.6 is 0 Å². The van der Waals surface area contributed by atoms with E-state index in [2.05, 4.69) is 0 Å². The first-order valence-corrected chi connectivity index (χ1v) is 13.2. The van der Waals surface area contributed by atoms with Crippen molar-refractivity contribution in [3.8, 4) is 17.2 Å². The number of ether oxygens (including phenoxy) is 4. The predicted octanol–water partition coefficient (Wildman–Crippen LogP) is 5.88. The fourth-order valence-electron chi connectivity index (χ4n) is 5.46. The van der Waals surface area contributed by atoms with Gasteiger partial charge in [-0.25, -0.2) is 4.79 Å². The lowest BCUT2D eigenvalue weighted by Crippen LogP contribution is -2.41. The van der Waals surface area contributed by atoms with E-state index in [0.717, 1.165) is 16.8 Å². The fourth-order valence-corrected chi connectivity index (χ4v) is 5.46. The molecular formula is C31H37NO6. The molecule has 0 saturated heterocycles. The highest BCUT2D eigenvalue weighted by molar-refractivity contribution is 6.12. The van der Waals surface area contributed by atoms with Gasteiger partial charge in [0.2, 0.25) is 0 Å². The molecule has 202 valence electrons. The van der Waals surface area contributed by atoms with E-state index < -0.39 is 17.8 Å². The highest BCUT2D eigenvalue weighted by atomic mass is 16.5. The average Bonchev–Trinajstić information content (AvgIpc) is 2.91. The lowest BCUT2D eigenvalue weighted by atomic mass is 9.66. The van der Waals surface area contributed by atoms with Gasteiger partial charge in [-0.2, -0.15) is 0 Å². The number of benzene rings is 2. The molecule has 1 aliphatic heterocycles. The summed E-state index contributed by atoms with van der Waals surface area (Å²) in [6.45, 7) is 8.50. The Hall–Kier alpha value is -3.61. The highest BCUT2D eigenvalue weighted by Crippen LogP contribution is 2.48. The van der Waals surface area contributed by atoms with Crippen LogP contribution in [-0.4, -0.2) is 44.9 Å². The predicted molar refractivity (Wildman–Crippen MR) is 146 cm³/mol. The molecule has 7 nitrogen and oxygen atoms in total. The molecule has 2 aromatic carbocycles. The summed E-state index contributed by atoms with van der Waals surface area (Å²) >= 11 is 0. The van der Waals surface area contributed by atoms with Crippen molar-refractivity contribution in [1.82, 2.24) is 0 Å². The minimum atomic E-state index is -0.557. The summed E-state index contributed by atoms with van der Waals surface area (Å²) in [4.78, 5) is 32.2. The van der Waals surface area contributed by atoms with Crippen LogP contribution in [0.2, 0.25) is 0 Å². The molecule has 1 aliphatic carbocycles. The van der Waals surface area contributed by atoms with Crippen LogP contribution in [0.4, 0.5) is 0 Å². The molecule has 0 bridgehead atoms. The van der Waals surface area contributed by atoms with Crippen molar-refractivity contribution in [3.05, 3.63) is 64.9 Å². The zero-order valence-electron chi connectivity index (χ0n) is 23.1. The monoisotopic (exact) mass is 519 g/mol. The lowest BCUT2D eigenvalue weighted by molar-refractivity contribution is -0.140. The van der Waals surface area contributed by atoms with Crippen LogP contribution in [0.5, 0.6) is 17.2 Å². The van der Waals surface area contributed by atoms with Gasteiger partial charge in [0.1, 0.15) is 11.5 Å². The lowest BCUT2D eigenvalue weighted by Gasteiger charge is -2.38. The largest absolute Gasteiger partial charge is 0.494 e. The second-order valence-electron chi connectivity index (χ2n) is 10.2. The summed E-state index contributed by atoms with van der Waals surface area (Å²) in [7, 11) is 3.20. The second-order valence-corrected chi connectivity index (χ2v) is 10.2. The zero-order chi connectivity index (χ0) is 27.4. The van der Waals surface area contributed by atoms with E-state index >= 15 is 0 Å². The number of carbonyl (C=O) groups is 2. The van der Waals surface area contributed by atoms with Crippen LogP contribution in [0.3, 0.4) is 0 Å². The SMILES string of the molecule is CCOc1ccccc1[C@@H]1C(C(=O)OCC(C)C)=C(C)N=C2C[C@H](c3ccc(OC)c(OC)c3)CC(=O)C21. The van der Waals surface area contributed by atoms with Crippen molar-refractivity contribution in [3.63, 3.8) is 0 Å². The number of fused-ring (bicyclic) bond motifs is 1. The first-order chi connectivity index (χ1) is 18.3. The van der Waals surface area contributed by atoms with Gasteiger partial charge in [0, 0.05) is 29.3 Å². The Morgan fingerprint density at radius 3 is 2.42 bits per heavy atom. The summed E-state index contributed by atoms with van der Waals surface area (Å²) in [6.07, 6.45) is 0.935. The van der Waals surface area contributed by atoms with Gasteiger partial charge < -0.3 is 18.9 Å². The van der Waals surface area contributed by atoms with Crippen molar-refractivity contribution in [1.29, 1.82) is 0 Å². The van der Waals surface area contributed by atoms with E-state index in [0.29, 0.717) is 54.6 Å². The number of aliphatic imine (C=N–C) groups is 1. The Kier molecular flexibility index (Phi) is 8.55. The third-order valence-electron chi connectivity index (χ3n) is 7.16. The van der Waals surface area contributed by atoms with E-state index in [-0.39, 0.29) is 17.6 Å². The number of hydrogen-bond donors (Lipinski definition) is 0. The standard InChI is InChI=1S/C31H37NO6/c1-7-37-25-11-9-8-10-22(25)29-28(31(34)38-17-18(2)3)19(4)32-23-14-21(15-24(33)30(23)29)20-12-13-26(35-5)27(16-20)36-6/h8-13,16,18,21,29-30H,7,14-15,17H2,1-6H3/t21-,29+,30?/m0/s1. The Morgan fingerprint density at radius 1 is 1.00 bits per heavy atom. The first-order valence-electron chi connectivity index (χ1n) is 13.2. The minimum absolute atomic E-state index is 0.0488. The van der Waals surface area contributed by atoms with Crippen molar-refractivity contribution in [2.24, 2.45) is 16.8 Å². The van der Waals surface area contributed by atoms with E-state index in [1.165, 1.54) is 0 Å². The maximum Gasteiger partial charge on any atom is 0.336 e. The molecule has 7 heteroatoms. The Morgan fingerprint density at radius 2 is 1.74 bits per heavy atom. The quantitative estimate of drug-likeness (QED) is 0.385. The number of allylic oxidation sites excluding steroid dienone is 1. The molecule has 0 radical (unpaired) electrons. The zero-order valence-corrected chi connectivity index (χ0v) is 23.1. The second kappa shape index (κ2) is 11.8. The summed E-state index contributed by atoms with van der Waals surface area (Å²) in [5, 5.41) is 0. The number of nitrogens with zero attached hydrogens (tertiary/aromatic N) is 1. The number of carbonyl (C=O) groups excluding carboxylic acids is 2. The molecule has 38 heavy (non-hydrogen) atoms. The number of hydrogen-bond acceptors (Lipinski definition) is 7. The first kappa shape index (κ1) is 27.4. The van der Waals surface area contributed by atoms with Gasteiger partial charge in [-0.15, -0.1) is 0 Å². The minimum Gasteiger partial charge on any atom is -0.494 e. The molecule has 4 rings (SSSR count). The number of rotatable bonds is 9. The van der Waals surface area contributed by atoms with E-state index in [9.17, 15) is 9.59 Å². The fraction of sp³-hybridized carbons (Fsp3) is 0.452. The molecular weight excluding hydrogens is 482 g/mol. The van der Waals surface area contributed by atoms with Crippen molar-refractivity contribution < 1.29 is 28.5 Å². The third-order valence-corrected chi connectivity index (χ3v) is 7.16. The Balaban J connectivity index is 1.78. The molecule has 2 aliphatic rings. The van der Waals surface area contributed by atoms with Crippen LogP contribution in [-0.2, 0) is 14.3 Å². The van der Waals surface area contributed by atoms with Gasteiger partial charge in [-0.05, 0) is 55.9 Å². The molecule has 1 unspecified atom stereocenters. The average molecular weight is 520 g/mol. The maximum absolute atomic E-state index is 13.9. The number of esters is 1. The molecule has 1 fully saturated rings. The summed E-state index contributed by atoms with van der Waals surface area (Å²) < 4.78 is 22.5. The van der Waals surface area contributed by atoms with Crippen LogP contribution in [0.25, 0.3) is 0 Å². The smallest absolute Gasteiger partial charge is 0.336 e. The van der Waals surface area contributed by atoms with Crippen LogP contribution in [0.1, 0.15) is 63.5 Å². The van der Waals surface area contributed by atoms with Crippen molar-refractivity contribution in [2.45, 2.75) is 52.4 Å². The molecule has 0 amide bonds. The Bertz CT molecular complexity index is 1260. The van der Waals surface area contributed by atoms with E-state index in [4.69, 9.17) is 23.9 Å². The normalized spacial score (nSPS) is 21.1. The molecule has 3 atom stereocenters. The number of Topliss-reactive ketones (excluding diaryl/α,β-unsaturated/α-hetero) is 1. The summed E-state index contributed by atoms with van der Waals surface area (Å²) in [6, 6.07) is 13.4. The highest BCUT2D eigenvalue weighted by Gasteiger charge is 2.47. The van der Waals surface area contributed by atoms with Gasteiger partial charge in [-0.1, -0.05) is 38.1 Å². The topological polar surface area (TPSA) is 83.4 Å². The number of para-hydroxylation sites is 1. The molecule has 0 spiro atoms. The summed E-state index contributed by atoms with van der Waals surface area (Å²) in [5.74, 6) is 0.609. The van der Waals surface area contributed by atoms with Gasteiger partial charge in [0.15, 0.2) is 11.5 Å². The molecule has 1 heterocycles. The van der Waals surface area contributed by atoms with Crippen molar-refractivity contribution in [2.75, 3.05) is 27.4 Å². The molecule has 1 saturated carbocycles. The van der Waals surface area contributed by atoms with E-state index in [1.807, 2.05) is 70.2 Å². The maximum atomic E-state index is 13.9. The van der Waals surface area contributed by atoms with Gasteiger partial charge in [0.05, 0.1) is 38.9 Å². The molecule has 2 aromatic rings. The Labute approximate surface area is 224 Å². The summed E-state index contributed by atoms with van der Waals surface area (Å²) in [5.41, 5.74) is 3.61. The van der Waals surface area contributed by atoms with Crippen LogP contribution in [0, 0.1) is 11.8 Å². The van der Waals surface area contributed by atoms with E-state index in [1.54, 1.807) is 14.2 Å².